The second-order valence-electron chi connectivity index (χ2n) is 4.67. The number of rotatable bonds is 1. The molecule has 2 rings (SSSR count). The zero-order valence-electron chi connectivity index (χ0n) is 9.23. The van der Waals surface area contributed by atoms with E-state index in [9.17, 15) is 0 Å². The van der Waals surface area contributed by atoms with E-state index < -0.39 is 0 Å². The van der Waals surface area contributed by atoms with Crippen molar-refractivity contribution < 1.29 is 0 Å². The monoisotopic (exact) mass is 202 g/mol. The second kappa shape index (κ2) is 3.13. The molecular formula is C11H14N4. The van der Waals surface area contributed by atoms with Crippen molar-refractivity contribution in [2.24, 2.45) is 0 Å². The van der Waals surface area contributed by atoms with Gasteiger partial charge in [-0.2, -0.15) is 10.4 Å². The van der Waals surface area contributed by atoms with E-state index in [1.54, 1.807) is 0 Å². The van der Waals surface area contributed by atoms with Crippen molar-refractivity contribution in [3.8, 4) is 6.07 Å². The molecule has 0 N–H and O–H groups in total. The molecule has 2 aromatic rings. The second-order valence-corrected chi connectivity index (χ2v) is 4.67. The fraction of sp³-hybridized carbons (Fsp3) is 0.455. The number of aromatic nitrogens is 3. The van der Waals surface area contributed by atoms with E-state index in [0.29, 0.717) is 6.54 Å². The highest BCUT2D eigenvalue weighted by Gasteiger charge is 2.18. The quantitative estimate of drug-likeness (QED) is 0.709. The lowest BCUT2D eigenvalue weighted by Gasteiger charge is -2.13. The molecular weight excluding hydrogens is 188 g/mol. The van der Waals surface area contributed by atoms with Gasteiger partial charge in [-0.25, -0.2) is 4.52 Å². The average molecular weight is 202 g/mol. The standard InChI is InChI=1S/C11H14N4/c1-11(2,3)9-8-10-14(5-4-12)6-7-15(10)13-9/h6-8H,5H2,1-3H3. The molecule has 0 fully saturated rings. The Kier molecular flexibility index (Phi) is 2.04. The lowest BCUT2D eigenvalue weighted by atomic mass is 9.93. The van der Waals surface area contributed by atoms with Gasteiger partial charge in [-0.1, -0.05) is 20.8 Å². The van der Waals surface area contributed by atoms with Crippen LogP contribution in [0.4, 0.5) is 0 Å². The summed E-state index contributed by atoms with van der Waals surface area (Å²) in [4.78, 5) is 0. The Balaban J connectivity index is 2.53. The molecule has 0 bridgehead atoms. The summed E-state index contributed by atoms with van der Waals surface area (Å²) >= 11 is 0. The molecule has 0 spiro atoms. The number of nitriles is 1. The Morgan fingerprint density at radius 3 is 2.73 bits per heavy atom. The highest BCUT2D eigenvalue weighted by atomic mass is 15.3. The molecule has 4 heteroatoms. The van der Waals surface area contributed by atoms with Crippen molar-refractivity contribution in [1.82, 2.24) is 14.2 Å². The first-order valence-electron chi connectivity index (χ1n) is 4.94. The first-order valence-corrected chi connectivity index (χ1v) is 4.94. The maximum atomic E-state index is 8.66. The summed E-state index contributed by atoms with van der Waals surface area (Å²) in [6.07, 6.45) is 3.75. The van der Waals surface area contributed by atoms with E-state index >= 15 is 0 Å². The molecule has 0 aliphatic carbocycles. The van der Waals surface area contributed by atoms with Gasteiger partial charge in [0.05, 0.1) is 11.8 Å². The van der Waals surface area contributed by atoms with Crippen molar-refractivity contribution in [3.63, 3.8) is 0 Å². The van der Waals surface area contributed by atoms with E-state index in [2.05, 4.69) is 31.9 Å². The Labute approximate surface area is 88.7 Å². The van der Waals surface area contributed by atoms with Crippen LogP contribution in [0.25, 0.3) is 5.65 Å². The molecule has 0 saturated heterocycles. The van der Waals surface area contributed by atoms with Gasteiger partial charge in [0.2, 0.25) is 0 Å². The van der Waals surface area contributed by atoms with Gasteiger partial charge in [0, 0.05) is 23.9 Å². The Bertz CT molecular complexity index is 519. The Hall–Kier alpha value is -1.76. The maximum absolute atomic E-state index is 8.66. The van der Waals surface area contributed by atoms with Crippen LogP contribution < -0.4 is 0 Å². The van der Waals surface area contributed by atoms with Gasteiger partial charge in [-0.05, 0) is 0 Å². The van der Waals surface area contributed by atoms with Gasteiger partial charge in [-0.15, -0.1) is 0 Å². The van der Waals surface area contributed by atoms with E-state index in [1.165, 1.54) is 0 Å². The third-order valence-corrected chi connectivity index (χ3v) is 2.41. The normalized spacial score (nSPS) is 11.9. The maximum Gasteiger partial charge on any atom is 0.136 e. The molecule has 15 heavy (non-hydrogen) atoms. The van der Waals surface area contributed by atoms with Crippen molar-refractivity contribution in [3.05, 3.63) is 24.2 Å². The molecule has 0 aliphatic rings. The van der Waals surface area contributed by atoms with E-state index in [-0.39, 0.29) is 5.41 Å². The molecule has 0 aromatic carbocycles. The SMILES string of the molecule is CC(C)(C)c1cc2n(CC#N)ccn2n1. The average Bonchev–Trinajstić information content (AvgIpc) is 2.65. The van der Waals surface area contributed by atoms with Crippen LogP contribution in [0.1, 0.15) is 26.5 Å². The smallest absolute Gasteiger partial charge is 0.136 e. The molecule has 2 heterocycles. The largest absolute Gasteiger partial charge is 0.318 e. The number of nitrogens with zero attached hydrogens (tertiary/aromatic N) is 4. The number of hydrogen-bond donors (Lipinski definition) is 0. The first-order chi connectivity index (χ1) is 7.02. The van der Waals surface area contributed by atoms with Gasteiger partial charge < -0.3 is 4.57 Å². The van der Waals surface area contributed by atoms with Crippen LogP contribution in [0.3, 0.4) is 0 Å². The Morgan fingerprint density at radius 1 is 1.40 bits per heavy atom. The molecule has 4 nitrogen and oxygen atoms in total. The lowest BCUT2D eigenvalue weighted by Crippen LogP contribution is -2.11. The summed E-state index contributed by atoms with van der Waals surface area (Å²) in [5.74, 6) is 0. The number of hydrogen-bond acceptors (Lipinski definition) is 2. The van der Waals surface area contributed by atoms with Crippen LogP contribution in [0.2, 0.25) is 0 Å². The summed E-state index contributed by atoms with van der Waals surface area (Å²) in [5, 5.41) is 13.1. The minimum atomic E-state index is 0.0451. The summed E-state index contributed by atoms with van der Waals surface area (Å²) in [5.41, 5.74) is 2.06. The third kappa shape index (κ3) is 1.61. The van der Waals surface area contributed by atoms with Gasteiger partial charge in [0.15, 0.2) is 0 Å². The lowest BCUT2D eigenvalue weighted by molar-refractivity contribution is 0.563. The molecule has 78 valence electrons. The highest BCUT2D eigenvalue weighted by molar-refractivity contribution is 5.43. The molecule has 0 saturated carbocycles. The van der Waals surface area contributed by atoms with E-state index in [0.717, 1.165) is 11.3 Å². The van der Waals surface area contributed by atoms with Crippen LogP contribution in [0.15, 0.2) is 18.5 Å². The highest BCUT2D eigenvalue weighted by Crippen LogP contribution is 2.22. The van der Waals surface area contributed by atoms with E-state index in [4.69, 9.17) is 5.26 Å². The molecule has 0 aliphatic heterocycles. The number of imidazole rings is 1. The predicted molar refractivity (Wildman–Crippen MR) is 57.5 cm³/mol. The summed E-state index contributed by atoms with van der Waals surface area (Å²) in [6, 6.07) is 4.17. The van der Waals surface area contributed by atoms with Gasteiger partial charge in [-0.3, -0.25) is 0 Å². The molecule has 0 unspecified atom stereocenters. The minimum Gasteiger partial charge on any atom is -0.318 e. The summed E-state index contributed by atoms with van der Waals surface area (Å²) in [6.45, 7) is 6.75. The third-order valence-electron chi connectivity index (χ3n) is 2.41. The number of fused-ring (bicyclic) bond motifs is 1. The van der Waals surface area contributed by atoms with E-state index in [1.807, 2.05) is 27.5 Å². The van der Waals surface area contributed by atoms with Crippen LogP contribution in [-0.4, -0.2) is 14.2 Å². The van der Waals surface area contributed by atoms with Crippen molar-refractivity contribution >= 4 is 5.65 Å². The molecule has 0 amide bonds. The molecule has 2 aromatic heterocycles. The van der Waals surface area contributed by atoms with Crippen molar-refractivity contribution in [2.45, 2.75) is 32.7 Å². The van der Waals surface area contributed by atoms with Gasteiger partial charge >= 0.3 is 0 Å². The fourth-order valence-electron chi connectivity index (χ4n) is 1.51. The minimum absolute atomic E-state index is 0.0451. The first kappa shape index (κ1) is 9.78. The van der Waals surface area contributed by atoms with Crippen LogP contribution in [0.5, 0.6) is 0 Å². The zero-order chi connectivity index (χ0) is 11.1. The topological polar surface area (TPSA) is 46.0 Å². The van der Waals surface area contributed by atoms with Gasteiger partial charge in [0.1, 0.15) is 12.2 Å². The molecule has 0 atom stereocenters. The van der Waals surface area contributed by atoms with Crippen LogP contribution in [-0.2, 0) is 12.0 Å². The summed E-state index contributed by atoms with van der Waals surface area (Å²) < 4.78 is 3.71. The Morgan fingerprint density at radius 2 is 2.13 bits per heavy atom. The van der Waals surface area contributed by atoms with Gasteiger partial charge in [0.25, 0.3) is 0 Å². The van der Waals surface area contributed by atoms with Crippen molar-refractivity contribution in [1.29, 1.82) is 5.26 Å². The summed E-state index contributed by atoms with van der Waals surface area (Å²) in [7, 11) is 0. The van der Waals surface area contributed by atoms with Crippen molar-refractivity contribution in [2.75, 3.05) is 0 Å². The van der Waals surface area contributed by atoms with Crippen LogP contribution in [0, 0.1) is 11.3 Å². The zero-order valence-corrected chi connectivity index (χ0v) is 9.23. The molecule has 0 radical (unpaired) electrons. The fourth-order valence-corrected chi connectivity index (χ4v) is 1.51. The predicted octanol–water partition coefficient (Wildman–Crippen LogP) is 1.96. The van der Waals surface area contributed by atoms with Crippen LogP contribution >= 0.6 is 0 Å².